The number of sulfonamides is 1. The van der Waals surface area contributed by atoms with Crippen molar-refractivity contribution < 1.29 is 22.7 Å². The van der Waals surface area contributed by atoms with Crippen LogP contribution in [0.1, 0.15) is 22.0 Å². The van der Waals surface area contributed by atoms with Crippen LogP contribution in [0.3, 0.4) is 0 Å². The van der Waals surface area contributed by atoms with Crippen LogP contribution in [0.5, 0.6) is 5.75 Å². The molecule has 1 aliphatic rings. The lowest BCUT2D eigenvalue weighted by Gasteiger charge is -2.37. The second kappa shape index (κ2) is 11.7. The molecular formula is C26H29ClN2O5S2. The second-order valence-corrected chi connectivity index (χ2v) is 11.9. The van der Waals surface area contributed by atoms with E-state index in [9.17, 15) is 13.2 Å². The number of thiophene rings is 1. The fraction of sp³-hybridized carbons (Fsp3) is 0.346. The van der Waals surface area contributed by atoms with Gasteiger partial charge >= 0.3 is 0 Å². The van der Waals surface area contributed by atoms with Gasteiger partial charge in [-0.05, 0) is 66.8 Å². The molecule has 1 atom stereocenters. The van der Waals surface area contributed by atoms with Crippen molar-refractivity contribution in [1.82, 2.24) is 9.21 Å². The Hall–Kier alpha value is -2.43. The fourth-order valence-corrected chi connectivity index (χ4v) is 6.59. The Kier molecular flexibility index (Phi) is 8.69. The molecule has 36 heavy (non-hydrogen) atoms. The van der Waals surface area contributed by atoms with E-state index >= 15 is 0 Å². The van der Waals surface area contributed by atoms with Gasteiger partial charge in [0.15, 0.2) is 0 Å². The maximum absolute atomic E-state index is 13.6. The number of carbonyl (C=O) groups excluding carboxylic acids is 1. The SMILES string of the molecule is COCCN(CC(=O)N1CCc2sccc2[C@@H]1COc1ccc(Cl)cc1)S(=O)(=O)c1ccc(C)cc1. The Labute approximate surface area is 221 Å². The molecule has 0 N–H and O–H groups in total. The molecule has 0 radical (unpaired) electrons. The highest BCUT2D eigenvalue weighted by molar-refractivity contribution is 7.89. The Balaban J connectivity index is 1.55. The average molecular weight is 549 g/mol. The number of aryl methyl sites for hydroxylation is 1. The molecule has 0 spiro atoms. The molecule has 4 rings (SSSR count). The molecule has 1 amide bonds. The van der Waals surface area contributed by atoms with Gasteiger partial charge in [-0.25, -0.2) is 8.42 Å². The van der Waals surface area contributed by atoms with E-state index in [0.717, 1.165) is 17.5 Å². The lowest BCUT2D eigenvalue weighted by atomic mass is 10.0. The number of amides is 1. The van der Waals surface area contributed by atoms with Gasteiger partial charge in [-0.3, -0.25) is 4.79 Å². The number of hydrogen-bond acceptors (Lipinski definition) is 6. The Bertz CT molecular complexity index is 1280. The number of nitrogens with zero attached hydrogens (tertiary/aromatic N) is 2. The van der Waals surface area contributed by atoms with Crippen molar-refractivity contribution >= 4 is 38.9 Å². The summed E-state index contributed by atoms with van der Waals surface area (Å²) in [6, 6.07) is 15.4. The molecule has 0 bridgehead atoms. The summed E-state index contributed by atoms with van der Waals surface area (Å²) in [5, 5.41) is 2.63. The van der Waals surface area contributed by atoms with E-state index in [1.165, 1.54) is 16.3 Å². The molecule has 0 saturated carbocycles. The summed E-state index contributed by atoms with van der Waals surface area (Å²) >= 11 is 7.64. The molecule has 0 aliphatic carbocycles. The van der Waals surface area contributed by atoms with Gasteiger partial charge in [0.25, 0.3) is 0 Å². The molecule has 1 aromatic heterocycles. The van der Waals surface area contributed by atoms with E-state index < -0.39 is 10.0 Å². The maximum Gasteiger partial charge on any atom is 0.243 e. The van der Waals surface area contributed by atoms with E-state index in [2.05, 4.69) is 0 Å². The van der Waals surface area contributed by atoms with Crippen LogP contribution in [0.4, 0.5) is 0 Å². The smallest absolute Gasteiger partial charge is 0.243 e. The van der Waals surface area contributed by atoms with Gasteiger partial charge in [0.1, 0.15) is 12.4 Å². The summed E-state index contributed by atoms with van der Waals surface area (Å²) in [4.78, 5) is 16.7. The summed E-state index contributed by atoms with van der Waals surface area (Å²) in [5.74, 6) is 0.376. The lowest BCUT2D eigenvalue weighted by molar-refractivity contribution is -0.135. The van der Waals surface area contributed by atoms with Crippen LogP contribution in [-0.4, -0.2) is 63.5 Å². The minimum Gasteiger partial charge on any atom is -0.491 e. The Morgan fingerprint density at radius 3 is 2.56 bits per heavy atom. The van der Waals surface area contributed by atoms with Crippen molar-refractivity contribution in [1.29, 1.82) is 0 Å². The number of rotatable bonds is 10. The van der Waals surface area contributed by atoms with Crippen LogP contribution in [0.2, 0.25) is 5.02 Å². The highest BCUT2D eigenvalue weighted by Crippen LogP contribution is 2.34. The second-order valence-electron chi connectivity index (χ2n) is 8.56. The maximum atomic E-state index is 13.6. The quantitative estimate of drug-likeness (QED) is 0.371. The number of methoxy groups -OCH3 is 1. The molecular weight excluding hydrogens is 520 g/mol. The van der Waals surface area contributed by atoms with Gasteiger partial charge in [-0.2, -0.15) is 4.31 Å². The van der Waals surface area contributed by atoms with Gasteiger partial charge in [-0.1, -0.05) is 29.3 Å². The minimum atomic E-state index is -3.89. The molecule has 10 heteroatoms. The van der Waals surface area contributed by atoms with Crippen LogP contribution in [-0.2, 0) is 26.0 Å². The predicted molar refractivity (Wildman–Crippen MR) is 141 cm³/mol. The topological polar surface area (TPSA) is 76.2 Å². The normalized spacial score (nSPS) is 15.7. The zero-order chi connectivity index (χ0) is 25.7. The summed E-state index contributed by atoms with van der Waals surface area (Å²) in [6.07, 6.45) is 0.721. The van der Waals surface area contributed by atoms with Crippen LogP contribution in [0, 0.1) is 6.92 Å². The van der Waals surface area contributed by atoms with Gasteiger partial charge in [0.2, 0.25) is 15.9 Å². The summed E-state index contributed by atoms with van der Waals surface area (Å²) < 4.78 is 39.2. The number of hydrogen-bond donors (Lipinski definition) is 0. The van der Waals surface area contributed by atoms with E-state index in [-0.39, 0.29) is 43.1 Å². The summed E-state index contributed by atoms with van der Waals surface area (Å²) in [7, 11) is -2.38. The highest BCUT2D eigenvalue weighted by atomic mass is 35.5. The van der Waals surface area contributed by atoms with Crippen LogP contribution < -0.4 is 4.74 Å². The first-order valence-corrected chi connectivity index (χ1v) is 14.3. The third-order valence-electron chi connectivity index (χ3n) is 6.15. The first kappa shape index (κ1) is 26.6. The standard InChI is InChI=1S/C26H29ClN2O5S2/c1-19-3-9-22(10-4-19)36(31,32)28(14-15-33-2)17-26(30)29-13-11-25-23(12-16-35-25)24(29)18-34-21-7-5-20(27)6-8-21/h3-10,12,16,24H,11,13-15,17-18H2,1-2H3/t24-/m0/s1. The molecule has 1 aliphatic heterocycles. The number of fused-ring (bicyclic) bond motifs is 1. The molecule has 7 nitrogen and oxygen atoms in total. The van der Waals surface area contributed by atoms with Crippen molar-refractivity contribution in [2.45, 2.75) is 24.3 Å². The predicted octanol–water partition coefficient (Wildman–Crippen LogP) is 4.55. The van der Waals surface area contributed by atoms with Gasteiger partial charge in [-0.15, -0.1) is 11.3 Å². The first-order chi connectivity index (χ1) is 17.3. The van der Waals surface area contributed by atoms with Crippen molar-refractivity contribution in [3.63, 3.8) is 0 Å². The number of carbonyl (C=O) groups is 1. The number of benzene rings is 2. The van der Waals surface area contributed by atoms with Crippen molar-refractivity contribution in [2.24, 2.45) is 0 Å². The van der Waals surface area contributed by atoms with Gasteiger partial charge in [0, 0.05) is 30.1 Å². The third kappa shape index (κ3) is 6.10. The van der Waals surface area contributed by atoms with Crippen molar-refractivity contribution in [2.75, 3.05) is 40.0 Å². The molecule has 3 aromatic rings. The fourth-order valence-electron chi connectivity index (χ4n) is 4.16. The number of halogens is 1. The summed E-state index contributed by atoms with van der Waals surface area (Å²) in [5.41, 5.74) is 2.00. The Morgan fingerprint density at radius 2 is 1.86 bits per heavy atom. The van der Waals surface area contributed by atoms with Crippen LogP contribution in [0.15, 0.2) is 64.9 Å². The van der Waals surface area contributed by atoms with E-state index in [1.54, 1.807) is 64.8 Å². The van der Waals surface area contributed by atoms with Crippen molar-refractivity contribution in [3.05, 3.63) is 81.0 Å². The molecule has 2 aromatic carbocycles. The number of ether oxygens (including phenoxy) is 2. The largest absolute Gasteiger partial charge is 0.491 e. The van der Waals surface area contributed by atoms with E-state index in [1.807, 2.05) is 18.4 Å². The van der Waals surface area contributed by atoms with E-state index in [0.29, 0.717) is 17.3 Å². The first-order valence-electron chi connectivity index (χ1n) is 11.6. The van der Waals surface area contributed by atoms with Gasteiger partial charge in [0.05, 0.1) is 24.1 Å². The molecule has 0 fully saturated rings. The van der Waals surface area contributed by atoms with Gasteiger partial charge < -0.3 is 14.4 Å². The van der Waals surface area contributed by atoms with E-state index in [4.69, 9.17) is 21.1 Å². The van der Waals surface area contributed by atoms with Crippen LogP contribution >= 0.6 is 22.9 Å². The van der Waals surface area contributed by atoms with Crippen molar-refractivity contribution in [3.8, 4) is 5.75 Å². The lowest BCUT2D eigenvalue weighted by Crippen LogP contribution is -2.48. The minimum absolute atomic E-state index is 0.0714. The summed E-state index contributed by atoms with van der Waals surface area (Å²) in [6.45, 7) is 2.60. The molecule has 0 unspecified atom stereocenters. The third-order valence-corrected chi connectivity index (χ3v) is 9.26. The molecule has 0 saturated heterocycles. The zero-order valence-electron chi connectivity index (χ0n) is 20.2. The monoisotopic (exact) mass is 548 g/mol. The highest BCUT2D eigenvalue weighted by Gasteiger charge is 2.35. The molecule has 2 heterocycles. The zero-order valence-corrected chi connectivity index (χ0v) is 22.6. The van der Waals surface area contributed by atoms with Crippen LogP contribution in [0.25, 0.3) is 0 Å². The average Bonchev–Trinajstić information content (AvgIpc) is 3.35. The molecule has 192 valence electrons. The Morgan fingerprint density at radius 1 is 1.14 bits per heavy atom.